The van der Waals surface area contributed by atoms with Crippen molar-refractivity contribution in [2.45, 2.75) is 32.2 Å². The van der Waals surface area contributed by atoms with Crippen LogP contribution in [0.25, 0.3) is 0 Å². The summed E-state index contributed by atoms with van der Waals surface area (Å²) < 4.78 is 13.2. The van der Waals surface area contributed by atoms with Crippen LogP contribution >= 0.6 is 23.2 Å². The molecule has 0 bridgehead atoms. The van der Waals surface area contributed by atoms with Crippen molar-refractivity contribution in [1.29, 1.82) is 0 Å². The Morgan fingerprint density at radius 2 is 1.94 bits per heavy atom. The molecule has 1 atom stereocenters. The SMILES string of the molecule is CCC(Nc1cc(Cl)c(F)c(Cl)c1)C1CC1. The molecule has 2 rings (SSSR count). The Morgan fingerprint density at radius 3 is 2.38 bits per heavy atom. The highest BCUT2D eigenvalue weighted by molar-refractivity contribution is 6.35. The van der Waals surface area contributed by atoms with Crippen LogP contribution in [0.5, 0.6) is 0 Å². The first-order valence-corrected chi connectivity index (χ1v) is 6.28. The van der Waals surface area contributed by atoms with Crippen LogP contribution in [0.2, 0.25) is 10.0 Å². The Balaban J connectivity index is 2.14. The second-order valence-corrected chi connectivity index (χ2v) is 5.06. The zero-order chi connectivity index (χ0) is 11.7. The number of hydrogen-bond acceptors (Lipinski definition) is 1. The van der Waals surface area contributed by atoms with Crippen LogP contribution < -0.4 is 5.32 Å². The lowest BCUT2D eigenvalue weighted by molar-refractivity contribution is 0.614. The quantitative estimate of drug-likeness (QED) is 0.773. The second kappa shape index (κ2) is 4.80. The standard InChI is InChI=1S/C12H14Cl2FN/c1-2-11(7-3-4-7)16-8-5-9(13)12(15)10(14)6-8/h5-7,11,16H,2-4H2,1H3. The molecule has 88 valence electrons. The highest BCUT2D eigenvalue weighted by atomic mass is 35.5. The summed E-state index contributed by atoms with van der Waals surface area (Å²) in [5, 5.41) is 3.50. The van der Waals surface area contributed by atoms with E-state index >= 15 is 0 Å². The van der Waals surface area contributed by atoms with E-state index in [0.717, 1.165) is 18.0 Å². The molecule has 1 aromatic rings. The predicted octanol–water partition coefficient (Wildman–Crippen LogP) is 4.73. The minimum absolute atomic E-state index is 0.0700. The molecule has 16 heavy (non-hydrogen) atoms. The van der Waals surface area contributed by atoms with E-state index in [2.05, 4.69) is 12.2 Å². The van der Waals surface area contributed by atoms with Gasteiger partial charge in [-0.15, -0.1) is 0 Å². The van der Waals surface area contributed by atoms with Gasteiger partial charge in [0.25, 0.3) is 0 Å². The fourth-order valence-corrected chi connectivity index (χ4v) is 2.39. The van der Waals surface area contributed by atoms with E-state index in [1.165, 1.54) is 12.8 Å². The normalized spacial score (nSPS) is 17.2. The Morgan fingerprint density at radius 1 is 1.38 bits per heavy atom. The number of rotatable bonds is 4. The van der Waals surface area contributed by atoms with Crippen LogP contribution in [0.15, 0.2) is 12.1 Å². The average molecular weight is 262 g/mol. The molecular formula is C12H14Cl2FN. The van der Waals surface area contributed by atoms with Crippen LogP contribution in [-0.4, -0.2) is 6.04 Å². The molecule has 1 saturated carbocycles. The van der Waals surface area contributed by atoms with E-state index in [4.69, 9.17) is 23.2 Å². The molecular weight excluding hydrogens is 248 g/mol. The molecule has 1 aromatic carbocycles. The summed E-state index contributed by atoms with van der Waals surface area (Å²) in [5.74, 6) is 0.195. The zero-order valence-electron chi connectivity index (χ0n) is 9.06. The van der Waals surface area contributed by atoms with Crippen molar-refractivity contribution in [3.05, 3.63) is 28.0 Å². The molecule has 1 unspecified atom stereocenters. The monoisotopic (exact) mass is 261 g/mol. The smallest absolute Gasteiger partial charge is 0.160 e. The third-order valence-electron chi connectivity index (χ3n) is 2.97. The van der Waals surface area contributed by atoms with Crippen molar-refractivity contribution in [3.8, 4) is 0 Å². The average Bonchev–Trinajstić information content (AvgIpc) is 3.06. The topological polar surface area (TPSA) is 12.0 Å². The van der Waals surface area contributed by atoms with Crippen LogP contribution in [-0.2, 0) is 0 Å². The Hall–Kier alpha value is -0.470. The Labute approximate surface area is 105 Å². The van der Waals surface area contributed by atoms with E-state index in [1.807, 2.05) is 0 Å². The Kier molecular flexibility index (Phi) is 3.60. The highest BCUT2D eigenvalue weighted by Crippen LogP contribution is 2.36. The lowest BCUT2D eigenvalue weighted by Gasteiger charge is -2.18. The van der Waals surface area contributed by atoms with Gasteiger partial charge in [0, 0.05) is 11.7 Å². The number of anilines is 1. The molecule has 0 saturated heterocycles. The first-order chi connectivity index (χ1) is 7.61. The van der Waals surface area contributed by atoms with E-state index in [1.54, 1.807) is 12.1 Å². The van der Waals surface area contributed by atoms with Crippen LogP contribution in [0, 0.1) is 11.7 Å². The fraction of sp³-hybridized carbons (Fsp3) is 0.500. The summed E-state index contributed by atoms with van der Waals surface area (Å²) in [4.78, 5) is 0. The van der Waals surface area contributed by atoms with E-state index in [0.29, 0.717) is 6.04 Å². The van der Waals surface area contributed by atoms with Crippen molar-refractivity contribution >= 4 is 28.9 Å². The van der Waals surface area contributed by atoms with Crippen molar-refractivity contribution in [3.63, 3.8) is 0 Å². The fourth-order valence-electron chi connectivity index (χ4n) is 1.90. The molecule has 0 radical (unpaired) electrons. The van der Waals surface area contributed by atoms with Gasteiger partial charge in [-0.25, -0.2) is 4.39 Å². The van der Waals surface area contributed by atoms with Gasteiger partial charge in [-0.2, -0.15) is 0 Å². The molecule has 0 heterocycles. The van der Waals surface area contributed by atoms with Gasteiger partial charge in [-0.3, -0.25) is 0 Å². The molecule has 1 aliphatic rings. The first-order valence-electron chi connectivity index (χ1n) is 5.53. The summed E-state index contributed by atoms with van der Waals surface area (Å²) in [6, 6.07) is 3.62. The maximum Gasteiger partial charge on any atom is 0.160 e. The lowest BCUT2D eigenvalue weighted by Crippen LogP contribution is -2.20. The van der Waals surface area contributed by atoms with Gasteiger partial charge >= 0.3 is 0 Å². The number of benzene rings is 1. The molecule has 0 spiro atoms. The summed E-state index contributed by atoms with van der Waals surface area (Å²) in [6.45, 7) is 2.14. The van der Waals surface area contributed by atoms with E-state index in [-0.39, 0.29) is 10.0 Å². The van der Waals surface area contributed by atoms with Gasteiger partial charge in [0.1, 0.15) is 0 Å². The number of nitrogens with one attached hydrogen (secondary N) is 1. The van der Waals surface area contributed by atoms with Crippen molar-refractivity contribution < 1.29 is 4.39 Å². The van der Waals surface area contributed by atoms with Gasteiger partial charge in [0.15, 0.2) is 5.82 Å². The van der Waals surface area contributed by atoms with E-state index < -0.39 is 5.82 Å². The number of halogens is 3. The largest absolute Gasteiger partial charge is 0.382 e. The van der Waals surface area contributed by atoms with Crippen LogP contribution in [0.1, 0.15) is 26.2 Å². The molecule has 1 nitrogen and oxygen atoms in total. The van der Waals surface area contributed by atoms with Gasteiger partial charge in [-0.1, -0.05) is 30.1 Å². The summed E-state index contributed by atoms with van der Waals surface area (Å²) >= 11 is 11.5. The van der Waals surface area contributed by atoms with Gasteiger partial charge in [0.2, 0.25) is 0 Å². The first kappa shape index (κ1) is 12.0. The highest BCUT2D eigenvalue weighted by Gasteiger charge is 2.29. The van der Waals surface area contributed by atoms with Gasteiger partial charge in [-0.05, 0) is 37.3 Å². The molecule has 0 aliphatic heterocycles. The predicted molar refractivity (Wildman–Crippen MR) is 66.8 cm³/mol. The number of hydrogen-bond donors (Lipinski definition) is 1. The van der Waals surface area contributed by atoms with Crippen molar-refractivity contribution in [2.75, 3.05) is 5.32 Å². The third kappa shape index (κ3) is 2.61. The van der Waals surface area contributed by atoms with Gasteiger partial charge in [0.05, 0.1) is 10.0 Å². The van der Waals surface area contributed by atoms with Crippen molar-refractivity contribution in [2.24, 2.45) is 5.92 Å². The second-order valence-electron chi connectivity index (χ2n) is 4.25. The van der Waals surface area contributed by atoms with Gasteiger partial charge < -0.3 is 5.32 Å². The molecule has 0 aromatic heterocycles. The summed E-state index contributed by atoms with van der Waals surface area (Å²) in [7, 11) is 0. The van der Waals surface area contributed by atoms with Crippen molar-refractivity contribution in [1.82, 2.24) is 0 Å². The van der Waals surface area contributed by atoms with E-state index in [9.17, 15) is 4.39 Å². The maximum absolute atomic E-state index is 13.2. The maximum atomic E-state index is 13.2. The molecule has 1 N–H and O–H groups in total. The summed E-state index contributed by atoms with van der Waals surface area (Å²) in [6.07, 6.45) is 3.60. The summed E-state index contributed by atoms with van der Waals surface area (Å²) in [5.41, 5.74) is 0.801. The minimum Gasteiger partial charge on any atom is -0.382 e. The molecule has 0 amide bonds. The van der Waals surface area contributed by atoms with Crippen LogP contribution in [0.4, 0.5) is 10.1 Å². The molecule has 1 fully saturated rings. The minimum atomic E-state index is -0.548. The third-order valence-corrected chi connectivity index (χ3v) is 3.52. The Bertz CT molecular complexity index is 368. The lowest BCUT2D eigenvalue weighted by atomic mass is 10.1. The zero-order valence-corrected chi connectivity index (χ0v) is 10.6. The molecule has 4 heteroatoms. The van der Waals surface area contributed by atoms with Crippen LogP contribution in [0.3, 0.4) is 0 Å². The molecule has 1 aliphatic carbocycles.